The summed E-state index contributed by atoms with van der Waals surface area (Å²) in [5.74, 6) is 1.10. The molecule has 0 radical (unpaired) electrons. The molecule has 1 saturated heterocycles. The van der Waals surface area contributed by atoms with E-state index >= 15 is 0 Å². The molecule has 3 atom stereocenters. The smallest absolute Gasteiger partial charge is 0.108 e. The SMILES string of the molecule is CC1CC(C(O)Cc2ncc[nH]2)CO1. The van der Waals surface area contributed by atoms with Gasteiger partial charge in [-0.3, -0.25) is 0 Å². The summed E-state index contributed by atoms with van der Waals surface area (Å²) in [7, 11) is 0. The van der Waals surface area contributed by atoms with Crippen LogP contribution in [0.5, 0.6) is 0 Å². The lowest BCUT2D eigenvalue weighted by Crippen LogP contribution is -2.23. The van der Waals surface area contributed by atoms with Gasteiger partial charge in [-0.15, -0.1) is 0 Å². The van der Waals surface area contributed by atoms with Crippen LogP contribution in [0, 0.1) is 5.92 Å². The van der Waals surface area contributed by atoms with Gasteiger partial charge in [-0.1, -0.05) is 0 Å². The van der Waals surface area contributed by atoms with Gasteiger partial charge >= 0.3 is 0 Å². The van der Waals surface area contributed by atoms with Crippen molar-refractivity contribution in [2.75, 3.05) is 6.61 Å². The van der Waals surface area contributed by atoms with Gasteiger partial charge in [0.05, 0.1) is 18.8 Å². The predicted octanol–water partition coefficient (Wildman–Crippen LogP) is 0.738. The van der Waals surface area contributed by atoms with Gasteiger partial charge in [-0.25, -0.2) is 4.98 Å². The number of hydrogen-bond donors (Lipinski definition) is 2. The quantitative estimate of drug-likeness (QED) is 0.749. The molecule has 78 valence electrons. The third-order valence-corrected chi connectivity index (χ3v) is 2.73. The fourth-order valence-electron chi connectivity index (χ4n) is 1.89. The van der Waals surface area contributed by atoms with E-state index in [1.807, 2.05) is 6.92 Å². The van der Waals surface area contributed by atoms with E-state index in [0.29, 0.717) is 13.0 Å². The first-order chi connectivity index (χ1) is 6.75. The largest absolute Gasteiger partial charge is 0.392 e. The van der Waals surface area contributed by atoms with Gasteiger partial charge in [0.2, 0.25) is 0 Å². The molecule has 0 bridgehead atoms. The van der Waals surface area contributed by atoms with Crippen molar-refractivity contribution in [2.45, 2.75) is 32.0 Å². The van der Waals surface area contributed by atoms with Gasteiger partial charge in [-0.05, 0) is 13.3 Å². The molecule has 0 amide bonds. The normalized spacial score (nSPS) is 29.3. The molecule has 1 aromatic rings. The summed E-state index contributed by atoms with van der Waals surface area (Å²) in [6, 6.07) is 0. The van der Waals surface area contributed by atoms with Crippen molar-refractivity contribution in [3.8, 4) is 0 Å². The van der Waals surface area contributed by atoms with Gasteiger partial charge in [0.1, 0.15) is 5.82 Å². The highest BCUT2D eigenvalue weighted by atomic mass is 16.5. The highest BCUT2D eigenvalue weighted by Crippen LogP contribution is 2.23. The average Bonchev–Trinajstić information content (AvgIpc) is 2.75. The van der Waals surface area contributed by atoms with E-state index < -0.39 is 0 Å². The molecule has 4 nitrogen and oxygen atoms in total. The number of aromatic nitrogens is 2. The molecular weight excluding hydrogens is 180 g/mol. The first-order valence-electron chi connectivity index (χ1n) is 5.03. The molecule has 0 aliphatic carbocycles. The highest BCUT2D eigenvalue weighted by Gasteiger charge is 2.28. The Balaban J connectivity index is 1.87. The second-order valence-electron chi connectivity index (χ2n) is 3.95. The number of aliphatic hydroxyl groups is 1. The number of H-pyrrole nitrogens is 1. The Kier molecular flexibility index (Phi) is 2.84. The van der Waals surface area contributed by atoms with Crippen molar-refractivity contribution in [1.29, 1.82) is 0 Å². The lowest BCUT2D eigenvalue weighted by atomic mass is 9.97. The van der Waals surface area contributed by atoms with Crippen LogP contribution < -0.4 is 0 Å². The van der Waals surface area contributed by atoms with Crippen molar-refractivity contribution in [2.24, 2.45) is 5.92 Å². The monoisotopic (exact) mass is 196 g/mol. The molecule has 0 saturated carbocycles. The zero-order valence-corrected chi connectivity index (χ0v) is 8.31. The highest BCUT2D eigenvalue weighted by molar-refractivity contribution is 4.91. The van der Waals surface area contributed by atoms with Crippen LogP contribution in [0.3, 0.4) is 0 Å². The molecule has 0 aromatic carbocycles. The minimum Gasteiger partial charge on any atom is -0.392 e. The molecular formula is C10H16N2O2. The third-order valence-electron chi connectivity index (χ3n) is 2.73. The minimum absolute atomic E-state index is 0.259. The number of nitrogens with one attached hydrogen (secondary N) is 1. The standard InChI is InChI=1S/C10H16N2O2/c1-7-4-8(6-14-7)9(13)5-10-11-2-3-12-10/h2-3,7-9,13H,4-6H2,1H3,(H,11,12). The van der Waals surface area contributed by atoms with Crippen molar-refractivity contribution >= 4 is 0 Å². The molecule has 1 aromatic heterocycles. The van der Waals surface area contributed by atoms with Gasteiger partial charge in [-0.2, -0.15) is 0 Å². The molecule has 2 rings (SSSR count). The number of aliphatic hydroxyl groups excluding tert-OH is 1. The molecule has 2 heterocycles. The lowest BCUT2D eigenvalue weighted by Gasteiger charge is -2.14. The van der Waals surface area contributed by atoms with Crippen molar-refractivity contribution < 1.29 is 9.84 Å². The first-order valence-corrected chi connectivity index (χ1v) is 5.03. The van der Waals surface area contributed by atoms with Crippen LogP contribution in [0.25, 0.3) is 0 Å². The average molecular weight is 196 g/mol. The van der Waals surface area contributed by atoms with Crippen LogP contribution in [0.2, 0.25) is 0 Å². The van der Waals surface area contributed by atoms with Crippen LogP contribution in [0.4, 0.5) is 0 Å². The van der Waals surface area contributed by atoms with Crippen LogP contribution in [0.15, 0.2) is 12.4 Å². The summed E-state index contributed by atoms with van der Waals surface area (Å²) < 4.78 is 5.42. The Morgan fingerprint density at radius 3 is 3.21 bits per heavy atom. The molecule has 1 aliphatic heterocycles. The summed E-state index contributed by atoms with van der Waals surface area (Å²) >= 11 is 0. The zero-order chi connectivity index (χ0) is 9.97. The maximum atomic E-state index is 9.90. The molecule has 1 aliphatic rings. The van der Waals surface area contributed by atoms with Gasteiger partial charge in [0.15, 0.2) is 0 Å². The number of ether oxygens (including phenoxy) is 1. The number of rotatable bonds is 3. The van der Waals surface area contributed by atoms with Gasteiger partial charge in [0.25, 0.3) is 0 Å². The maximum Gasteiger partial charge on any atom is 0.108 e. The molecule has 1 fully saturated rings. The second kappa shape index (κ2) is 4.11. The summed E-state index contributed by atoms with van der Waals surface area (Å²) in [5.41, 5.74) is 0. The second-order valence-corrected chi connectivity index (χ2v) is 3.95. The fraction of sp³-hybridized carbons (Fsp3) is 0.700. The summed E-state index contributed by atoms with van der Waals surface area (Å²) in [4.78, 5) is 7.08. The fourth-order valence-corrected chi connectivity index (χ4v) is 1.89. The van der Waals surface area contributed by atoms with E-state index in [-0.39, 0.29) is 18.1 Å². The number of imidazole rings is 1. The zero-order valence-electron chi connectivity index (χ0n) is 8.31. The minimum atomic E-state index is -0.342. The third kappa shape index (κ3) is 2.13. The molecule has 3 unspecified atom stereocenters. The van der Waals surface area contributed by atoms with Crippen molar-refractivity contribution in [3.05, 3.63) is 18.2 Å². The number of nitrogens with zero attached hydrogens (tertiary/aromatic N) is 1. The number of hydrogen-bond acceptors (Lipinski definition) is 3. The van der Waals surface area contributed by atoms with Crippen molar-refractivity contribution in [3.63, 3.8) is 0 Å². The van der Waals surface area contributed by atoms with E-state index in [9.17, 15) is 5.11 Å². The first kappa shape index (κ1) is 9.68. The van der Waals surface area contributed by atoms with E-state index in [0.717, 1.165) is 12.2 Å². The summed E-state index contributed by atoms with van der Waals surface area (Å²) in [6.07, 6.45) is 4.96. The maximum absolute atomic E-state index is 9.90. The molecule has 4 heteroatoms. The van der Waals surface area contributed by atoms with Crippen molar-refractivity contribution in [1.82, 2.24) is 9.97 Å². The van der Waals surface area contributed by atoms with Crippen LogP contribution in [-0.2, 0) is 11.2 Å². The van der Waals surface area contributed by atoms with E-state index in [2.05, 4.69) is 9.97 Å². The summed E-state index contributed by atoms with van der Waals surface area (Å²) in [6.45, 7) is 2.71. The molecule has 0 spiro atoms. The summed E-state index contributed by atoms with van der Waals surface area (Å²) in [5, 5.41) is 9.90. The topological polar surface area (TPSA) is 58.1 Å². The van der Waals surface area contributed by atoms with E-state index in [4.69, 9.17) is 4.74 Å². The Morgan fingerprint density at radius 2 is 2.64 bits per heavy atom. The molecule has 14 heavy (non-hydrogen) atoms. The van der Waals surface area contributed by atoms with Crippen LogP contribution >= 0.6 is 0 Å². The predicted molar refractivity (Wildman–Crippen MR) is 51.8 cm³/mol. The van der Waals surface area contributed by atoms with Gasteiger partial charge < -0.3 is 14.8 Å². The van der Waals surface area contributed by atoms with Crippen LogP contribution in [-0.4, -0.2) is 33.9 Å². The Morgan fingerprint density at radius 1 is 1.79 bits per heavy atom. The lowest BCUT2D eigenvalue weighted by molar-refractivity contribution is 0.0797. The Hall–Kier alpha value is -0.870. The van der Waals surface area contributed by atoms with E-state index in [1.165, 1.54) is 0 Å². The van der Waals surface area contributed by atoms with E-state index in [1.54, 1.807) is 12.4 Å². The molecule has 2 N–H and O–H groups in total. The number of aromatic amines is 1. The van der Waals surface area contributed by atoms with Crippen LogP contribution in [0.1, 0.15) is 19.2 Å². The Bertz CT molecular complexity index is 274. The van der Waals surface area contributed by atoms with Gasteiger partial charge in [0, 0.05) is 24.7 Å². The Labute approximate surface area is 83.3 Å².